The van der Waals surface area contributed by atoms with Crippen LogP contribution in [0.5, 0.6) is 0 Å². The van der Waals surface area contributed by atoms with Crippen molar-refractivity contribution in [2.75, 3.05) is 23.9 Å². The molecule has 0 saturated heterocycles. The number of nitrogens with one attached hydrogen (secondary N) is 1. The van der Waals surface area contributed by atoms with Crippen molar-refractivity contribution in [2.45, 2.75) is 50.5 Å². The topological polar surface area (TPSA) is 86.8 Å². The lowest BCUT2D eigenvalue weighted by Crippen LogP contribution is -2.53. The first-order valence-electron chi connectivity index (χ1n) is 13.3. The SMILES string of the molecule is CCCCNC(=O)C(CC)N(CCc1ccccc1)C(=O)CN(c1cc(Cl)cc(Cl)c1)S(=O)(=O)c1ccccc1. The Labute approximate surface area is 247 Å². The molecular formula is C30H35Cl2N3O4S. The van der Waals surface area contributed by atoms with E-state index in [0.717, 1.165) is 22.7 Å². The molecular weight excluding hydrogens is 569 g/mol. The second-order valence-corrected chi connectivity index (χ2v) is 12.1. The van der Waals surface area contributed by atoms with Gasteiger partial charge in [-0.2, -0.15) is 0 Å². The molecule has 0 spiro atoms. The van der Waals surface area contributed by atoms with Gasteiger partial charge in [-0.1, -0.05) is 92.0 Å². The summed E-state index contributed by atoms with van der Waals surface area (Å²) in [6.07, 6.45) is 2.60. The molecule has 3 aromatic rings. The van der Waals surface area contributed by atoms with E-state index in [9.17, 15) is 18.0 Å². The Bertz CT molecular complexity index is 1350. The molecule has 0 aromatic heterocycles. The first-order valence-corrected chi connectivity index (χ1v) is 15.5. The van der Waals surface area contributed by atoms with Crippen LogP contribution in [0.25, 0.3) is 0 Å². The van der Waals surface area contributed by atoms with Gasteiger partial charge in [-0.3, -0.25) is 13.9 Å². The number of rotatable bonds is 14. The lowest BCUT2D eigenvalue weighted by atomic mass is 10.1. The summed E-state index contributed by atoms with van der Waals surface area (Å²) in [5, 5.41) is 3.38. The van der Waals surface area contributed by atoms with Crippen LogP contribution < -0.4 is 9.62 Å². The van der Waals surface area contributed by atoms with Gasteiger partial charge in [0.1, 0.15) is 12.6 Å². The fourth-order valence-electron chi connectivity index (χ4n) is 4.33. The van der Waals surface area contributed by atoms with Crippen molar-refractivity contribution in [3.05, 3.63) is 94.5 Å². The number of anilines is 1. The maximum Gasteiger partial charge on any atom is 0.264 e. The van der Waals surface area contributed by atoms with Gasteiger partial charge in [0.15, 0.2) is 0 Å². The summed E-state index contributed by atoms with van der Waals surface area (Å²) in [6.45, 7) is 4.06. The summed E-state index contributed by atoms with van der Waals surface area (Å²) >= 11 is 12.5. The molecule has 0 saturated carbocycles. The molecule has 1 atom stereocenters. The van der Waals surface area contributed by atoms with Crippen LogP contribution in [-0.4, -0.2) is 50.8 Å². The molecule has 3 aromatic carbocycles. The quantitative estimate of drug-likeness (QED) is 0.230. The van der Waals surface area contributed by atoms with Gasteiger partial charge < -0.3 is 10.2 Å². The van der Waals surface area contributed by atoms with Crippen LogP contribution in [0.15, 0.2) is 83.8 Å². The van der Waals surface area contributed by atoms with Gasteiger partial charge in [0.05, 0.1) is 10.6 Å². The van der Waals surface area contributed by atoms with Crippen LogP contribution in [-0.2, 0) is 26.0 Å². The van der Waals surface area contributed by atoms with E-state index in [0.29, 0.717) is 19.4 Å². The van der Waals surface area contributed by atoms with Crippen molar-refractivity contribution in [2.24, 2.45) is 0 Å². The molecule has 1 unspecified atom stereocenters. The average Bonchev–Trinajstić information content (AvgIpc) is 2.94. The van der Waals surface area contributed by atoms with Crippen molar-refractivity contribution in [1.82, 2.24) is 10.2 Å². The van der Waals surface area contributed by atoms with Crippen LogP contribution in [0.3, 0.4) is 0 Å². The van der Waals surface area contributed by atoms with E-state index in [1.807, 2.05) is 44.2 Å². The number of unbranched alkanes of at least 4 members (excludes halogenated alkanes) is 1. The van der Waals surface area contributed by atoms with Gasteiger partial charge in [0.2, 0.25) is 11.8 Å². The smallest absolute Gasteiger partial charge is 0.264 e. The average molecular weight is 605 g/mol. The number of hydrogen-bond donors (Lipinski definition) is 1. The number of hydrogen-bond acceptors (Lipinski definition) is 4. The summed E-state index contributed by atoms with van der Waals surface area (Å²) < 4.78 is 28.7. The Morgan fingerprint density at radius 3 is 2.08 bits per heavy atom. The Hall–Kier alpha value is -3.07. The van der Waals surface area contributed by atoms with Crippen molar-refractivity contribution in [3.63, 3.8) is 0 Å². The predicted molar refractivity (Wildman–Crippen MR) is 161 cm³/mol. The molecule has 1 N–H and O–H groups in total. The van der Waals surface area contributed by atoms with E-state index in [1.54, 1.807) is 18.2 Å². The fraction of sp³-hybridized carbons (Fsp3) is 0.333. The second-order valence-electron chi connectivity index (χ2n) is 9.34. The normalized spacial score (nSPS) is 12.0. The molecule has 3 rings (SSSR count). The van der Waals surface area contributed by atoms with Crippen LogP contribution in [0.4, 0.5) is 5.69 Å². The Morgan fingerprint density at radius 1 is 0.900 bits per heavy atom. The van der Waals surface area contributed by atoms with Crippen LogP contribution >= 0.6 is 23.2 Å². The van der Waals surface area contributed by atoms with Gasteiger partial charge in [0.25, 0.3) is 10.0 Å². The third kappa shape index (κ3) is 8.46. The molecule has 0 bridgehead atoms. The number of benzene rings is 3. The number of sulfonamides is 1. The Kier molecular flexibility index (Phi) is 11.9. The summed E-state index contributed by atoms with van der Waals surface area (Å²) in [5.74, 6) is -0.773. The standard InChI is InChI=1S/C30H35Cl2N3O4S/c1-3-5-17-33-30(37)28(4-2)34(18-16-23-12-8-6-9-13-23)29(36)22-35(26-20-24(31)19-25(32)21-26)40(38,39)27-14-10-7-11-15-27/h6-15,19-21,28H,3-5,16-18,22H2,1-2H3,(H,33,37). The van der Waals surface area contributed by atoms with E-state index in [-0.39, 0.29) is 33.1 Å². The number of carbonyl (C=O) groups excluding carboxylic acids is 2. The zero-order valence-electron chi connectivity index (χ0n) is 22.7. The van der Waals surface area contributed by atoms with Gasteiger partial charge in [-0.05, 0) is 55.2 Å². The van der Waals surface area contributed by atoms with E-state index >= 15 is 0 Å². The highest BCUT2D eigenvalue weighted by Gasteiger charge is 2.33. The van der Waals surface area contributed by atoms with Crippen molar-refractivity contribution in [3.8, 4) is 0 Å². The van der Waals surface area contributed by atoms with Crippen LogP contribution in [0.1, 0.15) is 38.7 Å². The zero-order valence-corrected chi connectivity index (χ0v) is 25.1. The van der Waals surface area contributed by atoms with Crippen LogP contribution in [0, 0.1) is 0 Å². The molecule has 2 amide bonds. The maximum atomic E-state index is 14.0. The minimum atomic E-state index is -4.19. The zero-order chi connectivity index (χ0) is 29.1. The van der Waals surface area contributed by atoms with E-state index in [1.165, 1.54) is 35.2 Å². The number of nitrogens with zero attached hydrogens (tertiary/aromatic N) is 2. The Morgan fingerprint density at radius 2 is 1.50 bits per heavy atom. The van der Waals surface area contributed by atoms with Crippen molar-refractivity contribution >= 4 is 50.7 Å². The molecule has 0 aliphatic heterocycles. The highest BCUT2D eigenvalue weighted by molar-refractivity contribution is 7.92. The molecule has 0 fully saturated rings. The van der Waals surface area contributed by atoms with Crippen molar-refractivity contribution < 1.29 is 18.0 Å². The third-order valence-electron chi connectivity index (χ3n) is 6.45. The van der Waals surface area contributed by atoms with Crippen LogP contribution in [0.2, 0.25) is 10.0 Å². The fourth-order valence-corrected chi connectivity index (χ4v) is 6.27. The first-order chi connectivity index (χ1) is 19.2. The maximum absolute atomic E-state index is 14.0. The first kappa shape index (κ1) is 31.5. The van der Waals surface area contributed by atoms with Gasteiger partial charge in [0, 0.05) is 23.1 Å². The number of amides is 2. The summed E-state index contributed by atoms with van der Waals surface area (Å²) in [7, 11) is -4.19. The van der Waals surface area contributed by atoms with E-state index in [2.05, 4.69) is 5.32 Å². The highest BCUT2D eigenvalue weighted by atomic mass is 35.5. The molecule has 0 aliphatic rings. The monoisotopic (exact) mass is 603 g/mol. The molecule has 0 aliphatic carbocycles. The molecule has 7 nitrogen and oxygen atoms in total. The summed E-state index contributed by atoms with van der Waals surface area (Å²) in [6, 6.07) is 21.1. The Balaban J connectivity index is 2.00. The largest absolute Gasteiger partial charge is 0.354 e. The molecule has 0 heterocycles. The molecule has 10 heteroatoms. The minimum absolute atomic E-state index is 0.0130. The third-order valence-corrected chi connectivity index (χ3v) is 8.67. The highest BCUT2D eigenvalue weighted by Crippen LogP contribution is 2.30. The predicted octanol–water partition coefficient (Wildman–Crippen LogP) is 5.95. The number of carbonyl (C=O) groups is 2. The minimum Gasteiger partial charge on any atom is -0.354 e. The van der Waals surface area contributed by atoms with E-state index < -0.39 is 28.5 Å². The lowest BCUT2D eigenvalue weighted by molar-refractivity contribution is -0.139. The molecule has 40 heavy (non-hydrogen) atoms. The van der Waals surface area contributed by atoms with Gasteiger partial charge in [-0.25, -0.2) is 8.42 Å². The van der Waals surface area contributed by atoms with Gasteiger partial charge in [-0.15, -0.1) is 0 Å². The molecule has 214 valence electrons. The second kappa shape index (κ2) is 15.1. The lowest BCUT2D eigenvalue weighted by Gasteiger charge is -2.33. The number of halogens is 2. The van der Waals surface area contributed by atoms with E-state index in [4.69, 9.17) is 23.2 Å². The summed E-state index contributed by atoms with van der Waals surface area (Å²) in [4.78, 5) is 28.7. The van der Waals surface area contributed by atoms with Crippen molar-refractivity contribution in [1.29, 1.82) is 0 Å². The molecule has 0 radical (unpaired) electrons. The van der Waals surface area contributed by atoms with Gasteiger partial charge >= 0.3 is 0 Å². The summed E-state index contributed by atoms with van der Waals surface area (Å²) in [5.41, 5.74) is 1.15.